The zero-order chi connectivity index (χ0) is 16.4. The van der Waals surface area contributed by atoms with Gasteiger partial charge in [0.15, 0.2) is 0 Å². The maximum absolute atomic E-state index is 11.3. The predicted octanol–water partition coefficient (Wildman–Crippen LogP) is 0.956. The lowest BCUT2D eigenvalue weighted by Crippen LogP contribution is -2.68. The highest BCUT2D eigenvalue weighted by Crippen LogP contribution is 2.24. The van der Waals surface area contributed by atoms with E-state index in [-0.39, 0.29) is 11.6 Å². The lowest BCUT2D eigenvalue weighted by Gasteiger charge is -2.46. The summed E-state index contributed by atoms with van der Waals surface area (Å²) in [4.78, 5) is 22.3. The fourth-order valence-corrected chi connectivity index (χ4v) is 3.25. The molecule has 0 saturated carbocycles. The van der Waals surface area contributed by atoms with Crippen molar-refractivity contribution in [3.8, 4) is 0 Å². The number of nitrogens with one attached hydrogen (secondary N) is 3. The molecule has 7 heteroatoms. The van der Waals surface area contributed by atoms with E-state index in [1.165, 1.54) is 5.56 Å². The van der Waals surface area contributed by atoms with Crippen molar-refractivity contribution in [2.24, 2.45) is 0 Å². The average Bonchev–Trinajstić information content (AvgIpc) is 2.97. The number of benzene rings is 1. The van der Waals surface area contributed by atoms with E-state index in [9.17, 15) is 4.79 Å². The predicted molar refractivity (Wildman–Crippen MR) is 90.3 cm³/mol. The van der Waals surface area contributed by atoms with Gasteiger partial charge in [0.1, 0.15) is 0 Å². The molecule has 2 fully saturated rings. The van der Waals surface area contributed by atoms with Crippen LogP contribution < -0.4 is 16.0 Å². The Bertz CT molecular complexity index is 712. The molecule has 3 N–H and O–H groups in total. The molecule has 4 rings (SSSR count). The molecule has 1 aromatic carbocycles. The van der Waals surface area contributed by atoms with E-state index in [1.807, 2.05) is 30.6 Å². The number of urea groups is 1. The fraction of sp³-hybridized carbons (Fsp3) is 0.353. The summed E-state index contributed by atoms with van der Waals surface area (Å²) in [7, 11) is 0. The lowest BCUT2D eigenvalue weighted by atomic mass is 9.91. The van der Waals surface area contributed by atoms with E-state index in [0.29, 0.717) is 19.0 Å². The van der Waals surface area contributed by atoms with E-state index in [2.05, 4.69) is 43.0 Å². The van der Waals surface area contributed by atoms with Gasteiger partial charge >= 0.3 is 6.03 Å². The van der Waals surface area contributed by atoms with Crippen LogP contribution >= 0.6 is 0 Å². The minimum atomic E-state index is -0.0743. The minimum Gasteiger partial charge on any atom is -0.350 e. The van der Waals surface area contributed by atoms with E-state index in [0.717, 1.165) is 25.2 Å². The van der Waals surface area contributed by atoms with Crippen LogP contribution in [0.3, 0.4) is 0 Å². The number of hydrogen-bond donors (Lipinski definition) is 3. The second-order valence-corrected chi connectivity index (χ2v) is 6.49. The molecular formula is C17H20N6O. The molecule has 2 aromatic rings. The summed E-state index contributed by atoms with van der Waals surface area (Å²) in [5.74, 6) is 0.634. The highest BCUT2D eigenvalue weighted by Gasteiger charge is 2.47. The summed E-state index contributed by atoms with van der Waals surface area (Å²) < 4.78 is 0. The SMILES string of the molecule is O=C1NCC2(CN(Cc3cnc(NCc4ccccc4)nc3)C2)N1. The minimum absolute atomic E-state index is 0.0631. The van der Waals surface area contributed by atoms with E-state index in [4.69, 9.17) is 0 Å². The van der Waals surface area contributed by atoms with E-state index >= 15 is 0 Å². The molecule has 0 unspecified atom stereocenters. The lowest BCUT2D eigenvalue weighted by molar-refractivity contribution is 0.0593. The molecule has 0 radical (unpaired) electrons. The third-order valence-electron chi connectivity index (χ3n) is 4.42. The topological polar surface area (TPSA) is 82.2 Å². The first-order valence-electron chi connectivity index (χ1n) is 8.08. The summed E-state index contributed by atoms with van der Waals surface area (Å²) in [5, 5.41) is 9.04. The second kappa shape index (κ2) is 6.09. The van der Waals surface area contributed by atoms with Crippen LogP contribution in [-0.4, -0.2) is 46.1 Å². The quantitative estimate of drug-likeness (QED) is 0.763. The molecule has 2 aliphatic rings. The molecule has 1 spiro atoms. The third-order valence-corrected chi connectivity index (χ3v) is 4.42. The molecule has 1 aromatic heterocycles. The average molecular weight is 324 g/mol. The van der Waals surface area contributed by atoms with Crippen LogP contribution in [0.5, 0.6) is 0 Å². The molecule has 124 valence electrons. The van der Waals surface area contributed by atoms with Crippen LogP contribution in [0, 0.1) is 0 Å². The highest BCUT2D eigenvalue weighted by molar-refractivity contribution is 5.78. The standard InChI is InChI=1S/C17H20N6O/c24-16-21-10-17(22-16)11-23(12-17)9-14-7-19-15(20-8-14)18-6-13-4-2-1-3-5-13/h1-5,7-8H,6,9-12H2,(H,18,19,20)(H2,21,22,24). The zero-order valence-corrected chi connectivity index (χ0v) is 13.3. The van der Waals surface area contributed by atoms with Crippen molar-refractivity contribution >= 4 is 12.0 Å². The van der Waals surface area contributed by atoms with Crippen LogP contribution in [0.4, 0.5) is 10.7 Å². The number of likely N-dealkylation sites (tertiary alicyclic amines) is 1. The fourth-order valence-electron chi connectivity index (χ4n) is 3.25. The molecule has 3 heterocycles. The van der Waals surface area contributed by atoms with Gasteiger partial charge in [-0.05, 0) is 5.56 Å². The monoisotopic (exact) mass is 324 g/mol. The Morgan fingerprint density at radius 1 is 1.12 bits per heavy atom. The zero-order valence-electron chi connectivity index (χ0n) is 13.3. The number of rotatable bonds is 5. The number of anilines is 1. The Labute approximate surface area is 140 Å². The van der Waals surface area contributed by atoms with Crippen molar-refractivity contribution in [3.05, 3.63) is 53.9 Å². The number of carbonyl (C=O) groups excluding carboxylic acids is 1. The van der Waals surface area contributed by atoms with Crippen molar-refractivity contribution < 1.29 is 4.79 Å². The van der Waals surface area contributed by atoms with Gasteiger partial charge in [-0.25, -0.2) is 14.8 Å². The van der Waals surface area contributed by atoms with Gasteiger partial charge < -0.3 is 16.0 Å². The first-order chi connectivity index (χ1) is 11.7. The molecule has 2 amide bonds. The molecular weight excluding hydrogens is 304 g/mol. The summed E-state index contributed by atoms with van der Waals surface area (Å²) in [6.07, 6.45) is 3.72. The van der Waals surface area contributed by atoms with Crippen molar-refractivity contribution in [2.75, 3.05) is 25.0 Å². The maximum Gasteiger partial charge on any atom is 0.315 e. The van der Waals surface area contributed by atoms with Gasteiger partial charge in [-0.15, -0.1) is 0 Å². The first kappa shape index (κ1) is 14.9. The Morgan fingerprint density at radius 2 is 1.88 bits per heavy atom. The Kier molecular flexibility index (Phi) is 3.78. The number of aromatic nitrogens is 2. The third kappa shape index (κ3) is 3.16. The van der Waals surface area contributed by atoms with Gasteiger partial charge in [-0.2, -0.15) is 0 Å². The normalized spacial score (nSPS) is 18.8. The van der Waals surface area contributed by atoms with E-state index < -0.39 is 0 Å². The van der Waals surface area contributed by atoms with Gasteiger partial charge in [-0.3, -0.25) is 4.90 Å². The van der Waals surface area contributed by atoms with Crippen LogP contribution in [0.1, 0.15) is 11.1 Å². The van der Waals surface area contributed by atoms with Crippen molar-refractivity contribution in [2.45, 2.75) is 18.6 Å². The number of amides is 2. The Hall–Kier alpha value is -2.67. The van der Waals surface area contributed by atoms with Crippen molar-refractivity contribution in [1.29, 1.82) is 0 Å². The van der Waals surface area contributed by atoms with E-state index in [1.54, 1.807) is 0 Å². The first-order valence-corrected chi connectivity index (χ1v) is 8.08. The molecule has 2 aliphatic heterocycles. The molecule has 7 nitrogen and oxygen atoms in total. The van der Waals surface area contributed by atoms with Gasteiger partial charge in [-0.1, -0.05) is 30.3 Å². The summed E-state index contributed by atoms with van der Waals surface area (Å²) in [5.41, 5.74) is 2.20. The summed E-state index contributed by atoms with van der Waals surface area (Å²) in [6, 6.07) is 10.1. The van der Waals surface area contributed by atoms with Crippen LogP contribution in [0.2, 0.25) is 0 Å². The second-order valence-electron chi connectivity index (χ2n) is 6.49. The number of hydrogen-bond acceptors (Lipinski definition) is 5. The molecule has 0 aliphatic carbocycles. The maximum atomic E-state index is 11.3. The van der Waals surface area contributed by atoms with Crippen molar-refractivity contribution in [1.82, 2.24) is 25.5 Å². The largest absolute Gasteiger partial charge is 0.350 e. The van der Waals surface area contributed by atoms with Gasteiger partial charge in [0.05, 0.1) is 5.54 Å². The van der Waals surface area contributed by atoms with Gasteiger partial charge in [0.2, 0.25) is 5.95 Å². The number of carbonyl (C=O) groups is 1. The molecule has 0 bridgehead atoms. The molecule has 2 saturated heterocycles. The van der Waals surface area contributed by atoms with Crippen LogP contribution in [0.25, 0.3) is 0 Å². The van der Waals surface area contributed by atoms with Gasteiger partial charge in [0.25, 0.3) is 0 Å². The van der Waals surface area contributed by atoms with Crippen LogP contribution in [0.15, 0.2) is 42.7 Å². The molecule has 24 heavy (non-hydrogen) atoms. The molecule has 0 atom stereocenters. The Balaban J connectivity index is 1.27. The van der Waals surface area contributed by atoms with Gasteiger partial charge in [0, 0.05) is 50.7 Å². The summed E-state index contributed by atoms with van der Waals surface area (Å²) >= 11 is 0. The summed E-state index contributed by atoms with van der Waals surface area (Å²) in [6.45, 7) is 3.94. The van der Waals surface area contributed by atoms with Crippen LogP contribution in [-0.2, 0) is 13.1 Å². The smallest absolute Gasteiger partial charge is 0.315 e. The van der Waals surface area contributed by atoms with Crippen molar-refractivity contribution in [3.63, 3.8) is 0 Å². The highest BCUT2D eigenvalue weighted by atomic mass is 16.2. The Morgan fingerprint density at radius 3 is 2.54 bits per heavy atom. The number of nitrogens with zero attached hydrogens (tertiary/aromatic N) is 3.